The number of phosphoric acid groups is 2. The minimum absolute atomic E-state index is 0.103. The summed E-state index contributed by atoms with van der Waals surface area (Å²) < 4.78 is 68.3. The minimum atomic E-state index is -4.95. The molecule has 0 heterocycles. The Balaban J connectivity index is 5.19. The van der Waals surface area contributed by atoms with Gasteiger partial charge in [-0.1, -0.05) is 312 Å². The zero-order chi connectivity index (χ0) is 68.2. The smallest absolute Gasteiger partial charge is 0.462 e. The van der Waals surface area contributed by atoms with Crippen molar-refractivity contribution in [2.75, 3.05) is 39.6 Å². The zero-order valence-corrected chi connectivity index (χ0v) is 62.0. The Morgan fingerprint density at radius 3 is 0.674 bits per heavy atom. The Bertz CT molecular complexity index is 1820. The van der Waals surface area contributed by atoms with E-state index in [1.165, 1.54) is 161 Å². The molecule has 92 heavy (non-hydrogen) atoms. The van der Waals surface area contributed by atoms with E-state index in [1.54, 1.807) is 0 Å². The zero-order valence-electron chi connectivity index (χ0n) is 60.2. The van der Waals surface area contributed by atoms with E-state index in [9.17, 15) is 43.2 Å². The molecule has 0 rings (SSSR count). The third kappa shape index (κ3) is 66.7. The number of aliphatic hydroxyl groups excluding tert-OH is 1. The third-order valence-electron chi connectivity index (χ3n) is 16.8. The number of carbonyl (C=O) groups is 4. The fourth-order valence-electron chi connectivity index (χ4n) is 11.0. The normalized spacial score (nSPS) is 14.2. The van der Waals surface area contributed by atoms with E-state index in [2.05, 4.69) is 55.4 Å². The number of hydrogen-bond acceptors (Lipinski definition) is 15. The maximum atomic E-state index is 13.0. The number of hydrogen-bond donors (Lipinski definition) is 3. The van der Waals surface area contributed by atoms with Crippen molar-refractivity contribution in [2.24, 2.45) is 23.7 Å². The molecular weight excluding hydrogens is 1210 g/mol. The largest absolute Gasteiger partial charge is 0.472 e. The number of ether oxygens (including phenoxy) is 4. The lowest BCUT2D eigenvalue weighted by atomic mass is 10.0. The first-order valence-corrected chi connectivity index (χ1v) is 40.7. The van der Waals surface area contributed by atoms with Gasteiger partial charge in [0.15, 0.2) is 12.2 Å². The quantitative estimate of drug-likeness (QED) is 0.0222. The SMILES string of the molecule is CC(C)CCCCCCCCCCCCCCCCCC(=O)OC[C@H](COP(=O)(O)OCC(O)COP(=O)(O)OC[C@@H](COC(=O)CCCCCCCCCC(C)C)OC(=O)CCCCCCCCCCCCCC(C)C)OC(=O)CCCCCCCCCC(C)C. The summed E-state index contributed by atoms with van der Waals surface area (Å²) in [5, 5.41) is 10.6. The molecular formula is C73H142O17P2. The first-order valence-electron chi connectivity index (χ1n) is 37.7. The topological polar surface area (TPSA) is 237 Å². The molecule has 19 heteroatoms. The molecule has 0 aliphatic heterocycles. The lowest BCUT2D eigenvalue weighted by Crippen LogP contribution is -2.30. The highest BCUT2D eigenvalue weighted by Crippen LogP contribution is 2.45. The highest BCUT2D eigenvalue weighted by Gasteiger charge is 2.30. The van der Waals surface area contributed by atoms with Crippen LogP contribution in [-0.4, -0.2) is 96.7 Å². The van der Waals surface area contributed by atoms with Gasteiger partial charge in [0.25, 0.3) is 0 Å². The lowest BCUT2D eigenvalue weighted by molar-refractivity contribution is -0.161. The summed E-state index contributed by atoms with van der Waals surface area (Å²) in [6, 6.07) is 0. The van der Waals surface area contributed by atoms with Crippen molar-refractivity contribution in [3.8, 4) is 0 Å². The van der Waals surface area contributed by atoms with Crippen LogP contribution >= 0.6 is 15.6 Å². The van der Waals surface area contributed by atoms with Gasteiger partial charge in [0.2, 0.25) is 0 Å². The molecule has 0 spiro atoms. The van der Waals surface area contributed by atoms with E-state index >= 15 is 0 Å². The summed E-state index contributed by atoms with van der Waals surface area (Å²) in [5.74, 6) is 0.844. The van der Waals surface area contributed by atoms with E-state index < -0.39 is 97.5 Å². The summed E-state index contributed by atoms with van der Waals surface area (Å²) in [7, 11) is -9.91. The Morgan fingerprint density at radius 1 is 0.272 bits per heavy atom. The summed E-state index contributed by atoms with van der Waals surface area (Å²) in [5.41, 5.74) is 0. The van der Waals surface area contributed by atoms with Gasteiger partial charge >= 0.3 is 39.5 Å². The van der Waals surface area contributed by atoms with Gasteiger partial charge in [0.05, 0.1) is 26.4 Å². The van der Waals surface area contributed by atoms with Gasteiger partial charge in [-0.15, -0.1) is 0 Å². The van der Waals surface area contributed by atoms with Gasteiger partial charge in [0, 0.05) is 25.7 Å². The molecule has 0 aromatic rings. The fraction of sp³-hybridized carbons (Fsp3) is 0.945. The van der Waals surface area contributed by atoms with Crippen LogP contribution in [0.15, 0.2) is 0 Å². The predicted molar refractivity (Wildman–Crippen MR) is 372 cm³/mol. The van der Waals surface area contributed by atoms with Gasteiger partial charge in [-0.25, -0.2) is 9.13 Å². The van der Waals surface area contributed by atoms with Crippen molar-refractivity contribution in [2.45, 2.75) is 382 Å². The second-order valence-electron chi connectivity index (χ2n) is 28.2. The summed E-state index contributed by atoms with van der Waals surface area (Å²) in [6.45, 7) is 14.1. The van der Waals surface area contributed by atoms with Crippen LogP contribution in [0.4, 0.5) is 0 Å². The van der Waals surface area contributed by atoms with Gasteiger partial charge in [-0.2, -0.15) is 0 Å². The number of aliphatic hydroxyl groups is 1. The van der Waals surface area contributed by atoms with E-state index in [1.807, 2.05) is 0 Å². The lowest BCUT2D eigenvalue weighted by Gasteiger charge is -2.21. The number of rotatable bonds is 70. The number of esters is 4. The predicted octanol–water partition coefficient (Wildman–Crippen LogP) is 20.9. The summed E-state index contributed by atoms with van der Waals surface area (Å²) in [6.07, 6.45) is 46.0. The maximum absolute atomic E-state index is 13.0. The number of phosphoric ester groups is 2. The molecule has 0 aromatic carbocycles. The molecule has 0 radical (unpaired) electrons. The Morgan fingerprint density at radius 2 is 0.457 bits per heavy atom. The third-order valence-corrected chi connectivity index (χ3v) is 18.7. The van der Waals surface area contributed by atoms with Crippen LogP contribution in [0.25, 0.3) is 0 Å². The average Bonchev–Trinajstić information content (AvgIpc) is 2.22. The molecule has 3 N–H and O–H groups in total. The van der Waals surface area contributed by atoms with Gasteiger partial charge in [-0.05, 0) is 49.4 Å². The highest BCUT2D eigenvalue weighted by atomic mass is 31.2. The molecule has 0 aliphatic rings. The van der Waals surface area contributed by atoms with Crippen LogP contribution < -0.4 is 0 Å². The van der Waals surface area contributed by atoms with Crippen LogP contribution in [0, 0.1) is 23.7 Å². The van der Waals surface area contributed by atoms with Crippen molar-refractivity contribution in [1.82, 2.24) is 0 Å². The average molecular weight is 1350 g/mol. The number of carbonyl (C=O) groups excluding carboxylic acids is 4. The summed E-state index contributed by atoms with van der Waals surface area (Å²) >= 11 is 0. The fourth-order valence-corrected chi connectivity index (χ4v) is 12.6. The second kappa shape index (κ2) is 62.6. The molecule has 0 saturated heterocycles. The summed E-state index contributed by atoms with van der Waals surface area (Å²) in [4.78, 5) is 72.6. The first-order chi connectivity index (χ1) is 44.1. The molecule has 0 aromatic heterocycles. The van der Waals surface area contributed by atoms with Crippen LogP contribution in [0.1, 0.15) is 364 Å². The molecule has 0 saturated carbocycles. The van der Waals surface area contributed by atoms with E-state index in [4.69, 9.17) is 37.0 Å². The van der Waals surface area contributed by atoms with Gasteiger partial charge in [-0.3, -0.25) is 37.3 Å². The van der Waals surface area contributed by atoms with E-state index in [0.29, 0.717) is 37.5 Å². The standard InChI is InChI=1S/C73H142O17P2/c1-63(2)49-41-33-25-19-15-12-10-9-11-13-17-21-29-37-45-53-70(75)83-59-69(90-73(78)56-48-40-32-24-28-36-44-52-66(7)8)62-88-92(81,82)86-58-67(74)57-85-91(79,80)87-61-68(60-84-71(76)54-46-38-31-23-27-35-43-51-65(5)6)89-72(77)55-47-39-30-22-18-14-16-20-26-34-42-50-64(3)4/h63-69,74H,9-62H2,1-8H3,(H,79,80)(H,81,82)/t67?,68-,69-/m1/s1. The Labute approximate surface area is 562 Å². The molecule has 0 bridgehead atoms. The van der Waals surface area contributed by atoms with Crippen LogP contribution in [-0.2, 0) is 65.4 Å². The van der Waals surface area contributed by atoms with Crippen molar-refractivity contribution >= 4 is 39.5 Å². The van der Waals surface area contributed by atoms with Crippen LogP contribution in [0.5, 0.6) is 0 Å². The van der Waals surface area contributed by atoms with Gasteiger partial charge < -0.3 is 33.8 Å². The van der Waals surface area contributed by atoms with Gasteiger partial charge in [0.1, 0.15) is 19.3 Å². The minimum Gasteiger partial charge on any atom is -0.462 e. The van der Waals surface area contributed by atoms with E-state index in [-0.39, 0.29) is 25.7 Å². The van der Waals surface area contributed by atoms with Crippen molar-refractivity contribution in [3.05, 3.63) is 0 Å². The maximum Gasteiger partial charge on any atom is 0.472 e. The molecule has 0 aliphatic carbocycles. The van der Waals surface area contributed by atoms with E-state index in [0.717, 1.165) is 108 Å². The Kier molecular flexibility index (Phi) is 61.3. The molecule has 5 atom stereocenters. The Hall–Kier alpha value is -1.94. The molecule has 0 fully saturated rings. The monoisotopic (exact) mass is 1350 g/mol. The van der Waals surface area contributed by atoms with Crippen LogP contribution in [0.3, 0.4) is 0 Å². The highest BCUT2D eigenvalue weighted by molar-refractivity contribution is 7.47. The molecule has 546 valence electrons. The molecule has 3 unspecified atom stereocenters. The second-order valence-corrected chi connectivity index (χ2v) is 31.1. The number of unbranched alkanes of at least 4 members (excludes halogenated alkanes) is 36. The van der Waals surface area contributed by atoms with Crippen molar-refractivity contribution in [3.63, 3.8) is 0 Å². The van der Waals surface area contributed by atoms with Crippen LogP contribution in [0.2, 0.25) is 0 Å². The van der Waals surface area contributed by atoms with Crippen molar-refractivity contribution < 1.29 is 80.2 Å². The molecule has 17 nitrogen and oxygen atoms in total. The van der Waals surface area contributed by atoms with Crippen molar-refractivity contribution in [1.29, 1.82) is 0 Å². The first kappa shape index (κ1) is 90.1. The molecule has 0 amide bonds.